The Morgan fingerprint density at radius 1 is 1.15 bits per heavy atom. The molecule has 1 N–H and O–H groups in total. The van der Waals surface area contributed by atoms with Crippen LogP contribution in [0.1, 0.15) is 46.2 Å². The second-order valence-electron chi connectivity index (χ2n) is 8.36. The molecule has 34 heavy (non-hydrogen) atoms. The molecular formula is C26H27N5O2S. The summed E-state index contributed by atoms with van der Waals surface area (Å²) >= 11 is 1.47. The Labute approximate surface area is 203 Å². The van der Waals surface area contributed by atoms with Crippen LogP contribution in [0.25, 0.3) is 0 Å². The van der Waals surface area contributed by atoms with Crippen molar-refractivity contribution in [2.75, 3.05) is 23.9 Å². The van der Waals surface area contributed by atoms with Crippen molar-refractivity contribution in [1.29, 1.82) is 0 Å². The van der Waals surface area contributed by atoms with E-state index in [2.05, 4.69) is 44.8 Å². The molecule has 4 aromatic rings. The zero-order valence-electron chi connectivity index (χ0n) is 19.1. The van der Waals surface area contributed by atoms with Gasteiger partial charge in [-0.25, -0.2) is 4.98 Å². The van der Waals surface area contributed by atoms with Gasteiger partial charge in [-0.2, -0.15) is 0 Å². The largest absolute Gasteiger partial charge is 0.380 e. The third kappa shape index (κ3) is 4.88. The zero-order chi connectivity index (χ0) is 23.3. The van der Waals surface area contributed by atoms with Crippen molar-refractivity contribution in [3.63, 3.8) is 0 Å². The Morgan fingerprint density at radius 3 is 2.76 bits per heavy atom. The van der Waals surface area contributed by atoms with Gasteiger partial charge in [-0.3, -0.25) is 15.1 Å². The van der Waals surface area contributed by atoms with Crippen molar-refractivity contribution in [2.24, 2.45) is 0 Å². The summed E-state index contributed by atoms with van der Waals surface area (Å²) in [7, 11) is 1.71. The lowest BCUT2D eigenvalue weighted by Gasteiger charge is -2.25. The van der Waals surface area contributed by atoms with Crippen molar-refractivity contribution in [1.82, 2.24) is 14.5 Å². The first kappa shape index (κ1) is 22.3. The van der Waals surface area contributed by atoms with E-state index in [0.717, 1.165) is 36.2 Å². The fraction of sp³-hybridized carbons (Fsp3) is 0.269. The number of pyridine rings is 1. The van der Waals surface area contributed by atoms with Gasteiger partial charge in [0, 0.05) is 49.9 Å². The maximum Gasteiger partial charge on any atom is 0.274 e. The van der Waals surface area contributed by atoms with Gasteiger partial charge in [-0.15, -0.1) is 11.3 Å². The maximum atomic E-state index is 13.0. The topological polar surface area (TPSA) is 72.3 Å². The standard InChI is InChI=1S/C26H27N5O2S/c1-33-17-20-6-8-21(9-7-20)31-15-3-4-23(31)22-18-34-26(28-22)29-25(32)24-5-2-14-30(24)16-19-10-12-27-13-11-19/h2,5-14,18,23H,3-4,15-17H2,1H3,(H,28,29,32)/t23-/m1/s1. The van der Waals surface area contributed by atoms with Crippen LogP contribution >= 0.6 is 11.3 Å². The molecule has 1 atom stereocenters. The van der Waals surface area contributed by atoms with E-state index in [1.54, 1.807) is 19.5 Å². The average molecular weight is 474 g/mol. The van der Waals surface area contributed by atoms with Crippen molar-refractivity contribution in [2.45, 2.75) is 32.0 Å². The lowest BCUT2D eigenvalue weighted by atomic mass is 10.1. The van der Waals surface area contributed by atoms with Gasteiger partial charge in [0.2, 0.25) is 0 Å². The molecule has 1 aromatic carbocycles. The first-order valence-corrected chi connectivity index (χ1v) is 12.2. The highest BCUT2D eigenvalue weighted by Crippen LogP contribution is 2.37. The molecule has 5 rings (SSSR count). The number of aromatic nitrogens is 3. The summed E-state index contributed by atoms with van der Waals surface area (Å²) in [5.41, 5.74) is 5.05. The summed E-state index contributed by atoms with van der Waals surface area (Å²) in [4.78, 5) is 24.2. The number of nitrogens with zero attached hydrogens (tertiary/aromatic N) is 4. The average Bonchev–Trinajstić information content (AvgIpc) is 3.61. The molecule has 0 unspecified atom stereocenters. The molecule has 0 saturated carbocycles. The molecule has 0 spiro atoms. The molecule has 1 saturated heterocycles. The number of nitrogens with one attached hydrogen (secondary N) is 1. The Morgan fingerprint density at radius 2 is 1.97 bits per heavy atom. The number of ether oxygens (including phenoxy) is 1. The second-order valence-corrected chi connectivity index (χ2v) is 9.22. The van der Waals surface area contributed by atoms with Gasteiger partial charge in [-0.05, 0) is 60.4 Å². The van der Waals surface area contributed by atoms with Crippen LogP contribution in [-0.2, 0) is 17.9 Å². The number of carbonyl (C=O) groups excluding carboxylic acids is 1. The number of hydrogen-bond donors (Lipinski definition) is 1. The maximum absolute atomic E-state index is 13.0. The minimum absolute atomic E-state index is 0.156. The van der Waals surface area contributed by atoms with Gasteiger partial charge < -0.3 is 14.2 Å². The molecule has 174 valence electrons. The molecule has 0 radical (unpaired) electrons. The summed E-state index contributed by atoms with van der Waals surface area (Å²) < 4.78 is 7.16. The predicted molar refractivity (Wildman–Crippen MR) is 134 cm³/mol. The van der Waals surface area contributed by atoms with E-state index < -0.39 is 0 Å². The number of thiazole rings is 1. The summed E-state index contributed by atoms with van der Waals surface area (Å²) in [5, 5.41) is 5.68. The molecule has 1 aliphatic heterocycles. The highest BCUT2D eigenvalue weighted by Gasteiger charge is 2.28. The van der Waals surface area contributed by atoms with Gasteiger partial charge in [0.25, 0.3) is 5.91 Å². The minimum Gasteiger partial charge on any atom is -0.380 e. The molecule has 1 fully saturated rings. The van der Waals surface area contributed by atoms with E-state index in [9.17, 15) is 4.79 Å². The van der Waals surface area contributed by atoms with Crippen LogP contribution in [0, 0.1) is 0 Å². The van der Waals surface area contributed by atoms with Gasteiger partial charge in [0.05, 0.1) is 18.3 Å². The van der Waals surface area contributed by atoms with E-state index in [4.69, 9.17) is 9.72 Å². The zero-order valence-corrected chi connectivity index (χ0v) is 19.9. The summed E-state index contributed by atoms with van der Waals surface area (Å²) in [5.74, 6) is -0.156. The van der Waals surface area contributed by atoms with Crippen LogP contribution in [0.4, 0.5) is 10.8 Å². The van der Waals surface area contributed by atoms with E-state index in [1.165, 1.54) is 17.0 Å². The fourth-order valence-electron chi connectivity index (χ4n) is 4.43. The van der Waals surface area contributed by atoms with E-state index >= 15 is 0 Å². The summed E-state index contributed by atoms with van der Waals surface area (Å²) in [6.07, 6.45) is 7.60. The molecule has 8 heteroatoms. The van der Waals surface area contributed by atoms with E-state index in [1.807, 2.05) is 35.0 Å². The SMILES string of the molecule is COCc1ccc(N2CCC[C@@H]2c2csc(NC(=O)c3cccn3Cc3ccncc3)n2)cc1. The van der Waals surface area contributed by atoms with Crippen LogP contribution in [0.3, 0.4) is 0 Å². The number of anilines is 2. The van der Waals surface area contributed by atoms with Gasteiger partial charge in [0.15, 0.2) is 5.13 Å². The van der Waals surface area contributed by atoms with Crippen molar-refractivity contribution < 1.29 is 9.53 Å². The number of carbonyl (C=O) groups is 1. The van der Waals surface area contributed by atoms with Crippen molar-refractivity contribution in [3.8, 4) is 0 Å². The second kappa shape index (κ2) is 10.2. The first-order chi connectivity index (χ1) is 16.7. The Kier molecular flexibility index (Phi) is 6.69. The Hall–Kier alpha value is -3.49. The minimum atomic E-state index is -0.156. The highest BCUT2D eigenvalue weighted by molar-refractivity contribution is 7.14. The molecule has 0 bridgehead atoms. The Balaban J connectivity index is 1.27. The molecule has 0 aliphatic carbocycles. The van der Waals surface area contributed by atoms with Crippen LogP contribution in [0.5, 0.6) is 0 Å². The highest BCUT2D eigenvalue weighted by atomic mass is 32.1. The van der Waals surface area contributed by atoms with E-state index in [0.29, 0.717) is 24.0 Å². The quantitative estimate of drug-likeness (QED) is 0.384. The third-order valence-corrected chi connectivity index (χ3v) is 6.86. The number of methoxy groups -OCH3 is 1. The summed E-state index contributed by atoms with van der Waals surface area (Å²) in [6, 6.07) is 16.4. The molecular weight excluding hydrogens is 446 g/mol. The number of rotatable bonds is 8. The van der Waals surface area contributed by atoms with E-state index in [-0.39, 0.29) is 11.9 Å². The first-order valence-electron chi connectivity index (χ1n) is 11.4. The van der Waals surface area contributed by atoms with Crippen molar-refractivity contribution >= 4 is 28.1 Å². The normalized spacial score (nSPS) is 15.6. The van der Waals surface area contributed by atoms with Gasteiger partial charge in [-0.1, -0.05) is 12.1 Å². The molecule has 1 aliphatic rings. The predicted octanol–water partition coefficient (Wildman–Crippen LogP) is 5.13. The molecule has 3 aromatic heterocycles. The monoisotopic (exact) mass is 473 g/mol. The van der Waals surface area contributed by atoms with Gasteiger partial charge in [0.1, 0.15) is 5.69 Å². The number of hydrogen-bond acceptors (Lipinski definition) is 6. The smallest absolute Gasteiger partial charge is 0.274 e. The fourth-order valence-corrected chi connectivity index (χ4v) is 5.19. The lowest BCUT2D eigenvalue weighted by Crippen LogP contribution is -2.23. The molecule has 7 nitrogen and oxygen atoms in total. The van der Waals surface area contributed by atoms with Crippen LogP contribution in [0.2, 0.25) is 0 Å². The number of benzene rings is 1. The molecule has 4 heterocycles. The Bertz CT molecular complexity index is 1240. The number of amides is 1. The third-order valence-electron chi connectivity index (χ3n) is 6.08. The summed E-state index contributed by atoms with van der Waals surface area (Å²) in [6.45, 7) is 2.22. The van der Waals surface area contributed by atoms with Crippen LogP contribution < -0.4 is 10.2 Å². The van der Waals surface area contributed by atoms with Crippen molar-refractivity contribution in [3.05, 3.63) is 95.0 Å². The molecule has 1 amide bonds. The lowest BCUT2D eigenvalue weighted by molar-refractivity contribution is 0.101. The van der Waals surface area contributed by atoms with Crippen LogP contribution in [0.15, 0.2) is 72.5 Å². The van der Waals surface area contributed by atoms with Crippen LogP contribution in [-0.4, -0.2) is 34.1 Å². The van der Waals surface area contributed by atoms with Gasteiger partial charge >= 0.3 is 0 Å².